The van der Waals surface area contributed by atoms with Gasteiger partial charge in [-0.15, -0.1) is 0 Å². The van der Waals surface area contributed by atoms with Crippen molar-refractivity contribution in [3.63, 3.8) is 0 Å². The number of sulfonamides is 1. The van der Waals surface area contributed by atoms with Gasteiger partial charge in [-0.1, -0.05) is 30.3 Å². The van der Waals surface area contributed by atoms with Crippen molar-refractivity contribution in [2.24, 2.45) is 5.92 Å². The normalized spacial score (nSPS) is 22.8. The van der Waals surface area contributed by atoms with E-state index in [0.29, 0.717) is 6.54 Å². The number of piperazine rings is 1. The third kappa shape index (κ3) is 4.51. The Labute approximate surface area is 184 Å². The number of nitrogens with one attached hydrogen (secondary N) is 2. The Kier molecular flexibility index (Phi) is 6.26. The van der Waals surface area contributed by atoms with E-state index < -0.39 is 21.8 Å². The number of hydrogen-bond donors (Lipinski definition) is 2. The average molecular weight is 469 g/mol. The van der Waals surface area contributed by atoms with E-state index in [-0.39, 0.29) is 48.9 Å². The highest BCUT2D eigenvalue weighted by Crippen LogP contribution is 2.31. The van der Waals surface area contributed by atoms with Gasteiger partial charge >= 0.3 is 6.18 Å². The molecule has 2 saturated heterocycles. The van der Waals surface area contributed by atoms with Crippen molar-refractivity contribution >= 4 is 15.9 Å². The summed E-state index contributed by atoms with van der Waals surface area (Å²) in [5.74, 6) is -0.390. The van der Waals surface area contributed by atoms with Gasteiger partial charge in [0, 0.05) is 32.7 Å². The maximum atomic E-state index is 13.1. The largest absolute Gasteiger partial charge is 0.416 e. The average Bonchev–Trinajstić information content (AvgIpc) is 3.29. The molecule has 0 spiro atoms. The van der Waals surface area contributed by atoms with E-state index in [1.54, 1.807) is 4.90 Å². The molecule has 2 fully saturated rings. The van der Waals surface area contributed by atoms with Crippen LogP contribution in [0.5, 0.6) is 0 Å². The van der Waals surface area contributed by atoms with Crippen LogP contribution >= 0.6 is 0 Å². The molecule has 4 rings (SSSR count). The van der Waals surface area contributed by atoms with Crippen LogP contribution in [0.2, 0.25) is 0 Å². The molecule has 2 aliphatic rings. The van der Waals surface area contributed by atoms with Gasteiger partial charge in [-0.05, 0) is 29.8 Å². The second-order valence-electron chi connectivity index (χ2n) is 7.77. The summed E-state index contributed by atoms with van der Waals surface area (Å²) in [6.45, 7) is 1.06. The number of rotatable bonds is 4. The maximum absolute atomic E-state index is 13.1. The topological polar surface area (TPSA) is 81.8 Å². The smallest absolute Gasteiger partial charge is 0.340 e. The molecule has 0 aromatic heterocycles. The molecular formula is C21H23F3N4O3S. The van der Waals surface area contributed by atoms with Crippen molar-refractivity contribution in [1.29, 1.82) is 0 Å². The van der Waals surface area contributed by atoms with Crippen LogP contribution in [-0.4, -0.2) is 56.3 Å². The summed E-state index contributed by atoms with van der Waals surface area (Å²) in [5, 5.41) is 0. The van der Waals surface area contributed by atoms with Crippen molar-refractivity contribution in [1.82, 2.24) is 20.1 Å². The van der Waals surface area contributed by atoms with Crippen molar-refractivity contribution in [2.45, 2.75) is 17.1 Å². The van der Waals surface area contributed by atoms with Gasteiger partial charge in [-0.25, -0.2) is 13.8 Å². The zero-order chi connectivity index (χ0) is 22.9. The molecular weight excluding hydrogens is 445 g/mol. The van der Waals surface area contributed by atoms with Crippen LogP contribution in [0.1, 0.15) is 17.2 Å². The van der Waals surface area contributed by atoms with Crippen LogP contribution in [0.3, 0.4) is 0 Å². The molecule has 11 heteroatoms. The number of benzene rings is 2. The summed E-state index contributed by atoms with van der Waals surface area (Å²) in [4.78, 5) is 14.6. The van der Waals surface area contributed by atoms with Gasteiger partial charge in [-0.3, -0.25) is 10.2 Å². The highest BCUT2D eigenvalue weighted by atomic mass is 32.2. The van der Waals surface area contributed by atoms with E-state index in [2.05, 4.69) is 10.9 Å². The first-order valence-electron chi connectivity index (χ1n) is 10.2. The van der Waals surface area contributed by atoms with E-state index in [4.69, 9.17) is 0 Å². The lowest BCUT2D eigenvalue weighted by molar-refractivity contribution is -0.138. The molecule has 2 aromatic carbocycles. The number of carbonyl (C=O) groups excluding carboxylic acids is 1. The van der Waals surface area contributed by atoms with Gasteiger partial charge in [-0.2, -0.15) is 17.5 Å². The first kappa shape index (κ1) is 22.7. The summed E-state index contributed by atoms with van der Waals surface area (Å²) in [6, 6.07) is 12.9. The van der Waals surface area contributed by atoms with Gasteiger partial charge in [0.15, 0.2) is 0 Å². The van der Waals surface area contributed by atoms with Crippen molar-refractivity contribution in [3.05, 3.63) is 65.7 Å². The Hall–Kier alpha value is -2.47. The second kappa shape index (κ2) is 8.81. The molecule has 0 saturated carbocycles. The minimum Gasteiger partial charge on any atom is -0.340 e. The minimum atomic E-state index is -4.53. The third-order valence-corrected chi connectivity index (χ3v) is 7.74. The molecule has 32 heavy (non-hydrogen) atoms. The van der Waals surface area contributed by atoms with Gasteiger partial charge in [0.05, 0.1) is 22.4 Å². The molecule has 172 valence electrons. The van der Waals surface area contributed by atoms with E-state index >= 15 is 0 Å². The third-order valence-electron chi connectivity index (χ3n) is 5.83. The molecule has 2 heterocycles. The summed E-state index contributed by atoms with van der Waals surface area (Å²) in [6.07, 6.45) is -4.53. The number of alkyl halides is 3. The fraction of sp³-hybridized carbons (Fsp3) is 0.381. The molecule has 2 atom stereocenters. The number of halogens is 3. The Morgan fingerprint density at radius 2 is 1.56 bits per heavy atom. The molecule has 2 aliphatic heterocycles. The minimum absolute atomic E-state index is 0.0667. The predicted molar refractivity (Wildman–Crippen MR) is 111 cm³/mol. The Bertz CT molecular complexity index is 1050. The van der Waals surface area contributed by atoms with Gasteiger partial charge in [0.1, 0.15) is 0 Å². The number of amides is 1. The molecule has 0 aliphatic carbocycles. The van der Waals surface area contributed by atoms with Gasteiger partial charge in [0.2, 0.25) is 15.9 Å². The van der Waals surface area contributed by atoms with Crippen LogP contribution in [0.4, 0.5) is 13.2 Å². The molecule has 2 aromatic rings. The number of carbonyl (C=O) groups is 1. The monoisotopic (exact) mass is 468 g/mol. The van der Waals surface area contributed by atoms with E-state index in [1.807, 2.05) is 30.3 Å². The summed E-state index contributed by atoms with van der Waals surface area (Å²) in [5.41, 5.74) is 6.24. The zero-order valence-electron chi connectivity index (χ0n) is 17.0. The lowest BCUT2D eigenvalue weighted by atomic mass is 9.93. The Balaban J connectivity index is 1.41. The molecule has 7 nitrogen and oxygen atoms in total. The molecule has 1 amide bonds. The zero-order valence-corrected chi connectivity index (χ0v) is 17.9. The van der Waals surface area contributed by atoms with Crippen LogP contribution in [0, 0.1) is 5.92 Å². The molecule has 0 bridgehead atoms. The van der Waals surface area contributed by atoms with E-state index in [0.717, 1.165) is 29.8 Å². The van der Waals surface area contributed by atoms with Gasteiger partial charge < -0.3 is 4.90 Å². The molecule has 0 radical (unpaired) electrons. The van der Waals surface area contributed by atoms with E-state index in [1.165, 1.54) is 4.31 Å². The molecule has 2 N–H and O–H groups in total. The second-order valence-corrected chi connectivity index (χ2v) is 9.71. The fourth-order valence-electron chi connectivity index (χ4n) is 4.05. The fourth-order valence-corrected chi connectivity index (χ4v) is 5.47. The SMILES string of the molecule is O=C(C1CNNC1c1ccccc1)N1CCN(S(=O)(=O)c2ccc(C(F)(F)F)cc2)CC1. The van der Waals surface area contributed by atoms with Crippen molar-refractivity contribution < 1.29 is 26.4 Å². The highest BCUT2D eigenvalue weighted by molar-refractivity contribution is 7.89. The van der Waals surface area contributed by atoms with Crippen LogP contribution in [-0.2, 0) is 21.0 Å². The van der Waals surface area contributed by atoms with Crippen LogP contribution < -0.4 is 10.9 Å². The lowest BCUT2D eigenvalue weighted by Gasteiger charge is -2.36. The molecule has 2 unspecified atom stereocenters. The Morgan fingerprint density at radius 1 is 0.938 bits per heavy atom. The maximum Gasteiger partial charge on any atom is 0.416 e. The standard InChI is InChI=1S/C21H23F3N4O3S/c22-21(23,24)16-6-8-17(9-7-16)32(30,31)28-12-10-27(11-13-28)20(29)18-14-25-26-19(18)15-4-2-1-3-5-15/h1-9,18-19,25-26H,10-14H2. The first-order valence-corrected chi connectivity index (χ1v) is 11.6. The van der Waals surface area contributed by atoms with E-state index in [9.17, 15) is 26.4 Å². The quantitative estimate of drug-likeness (QED) is 0.718. The number of hydrazine groups is 1. The van der Waals surface area contributed by atoms with Crippen molar-refractivity contribution in [2.75, 3.05) is 32.7 Å². The first-order chi connectivity index (χ1) is 15.2. The van der Waals surface area contributed by atoms with Gasteiger partial charge in [0.25, 0.3) is 0 Å². The highest BCUT2D eigenvalue weighted by Gasteiger charge is 2.39. The van der Waals surface area contributed by atoms with Crippen LogP contribution in [0.25, 0.3) is 0 Å². The number of hydrogen-bond acceptors (Lipinski definition) is 5. The van der Waals surface area contributed by atoms with Crippen molar-refractivity contribution in [3.8, 4) is 0 Å². The summed E-state index contributed by atoms with van der Waals surface area (Å²) < 4.78 is 65.1. The predicted octanol–water partition coefficient (Wildman–Crippen LogP) is 2.00. The summed E-state index contributed by atoms with van der Waals surface area (Å²) in [7, 11) is -3.94. The lowest BCUT2D eigenvalue weighted by Crippen LogP contribution is -2.52. The van der Waals surface area contributed by atoms with Crippen LogP contribution in [0.15, 0.2) is 59.5 Å². The number of nitrogens with zero attached hydrogens (tertiary/aromatic N) is 2. The summed E-state index contributed by atoms with van der Waals surface area (Å²) >= 11 is 0. The Morgan fingerprint density at radius 3 is 2.16 bits per heavy atom.